The van der Waals surface area contributed by atoms with Crippen LogP contribution < -0.4 is 11.1 Å². The summed E-state index contributed by atoms with van der Waals surface area (Å²) in [7, 11) is 0. The number of benzene rings is 1. The zero-order valence-corrected chi connectivity index (χ0v) is 13.4. The van der Waals surface area contributed by atoms with Gasteiger partial charge in [-0.1, -0.05) is 50.8 Å². The van der Waals surface area contributed by atoms with E-state index in [4.69, 9.17) is 5.73 Å². The van der Waals surface area contributed by atoms with E-state index >= 15 is 0 Å². The zero-order valence-electron chi connectivity index (χ0n) is 13.4. The van der Waals surface area contributed by atoms with Crippen molar-refractivity contribution in [2.75, 3.05) is 11.9 Å². The predicted octanol–water partition coefficient (Wildman–Crippen LogP) is 3.80. The average Bonchev–Trinajstić information content (AvgIpc) is 2.75. The van der Waals surface area contributed by atoms with E-state index in [1.54, 1.807) is 0 Å². The van der Waals surface area contributed by atoms with Crippen LogP contribution >= 0.6 is 0 Å². The number of nitrogens with two attached hydrogens (primary N) is 1. The Balaban J connectivity index is 2.23. The summed E-state index contributed by atoms with van der Waals surface area (Å²) in [4.78, 5) is 12.9. The van der Waals surface area contributed by atoms with Crippen molar-refractivity contribution in [3.05, 3.63) is 29.3 Å². The topological polar surface area (TPSA) is 55.1 Å². The fraction of sp³-hybridized carbons (Fsp3) is 0.611. The van der Waals surface area contributed by atoms with Gasteiger partial charge in [0.2, 0.25) is 5.91 Å². The van der Waals surface area contributed by atoms with Gasteiger partial charge in [-0.25, -0.2) is 0 Å². The summed E-state index contributed by atoms with van der Waals surface area (Å²) in [5, 5.41) is 3.20. The number of aryl methyl sites for hydroxylation is 2. The highest BCUT2D eigenvalue weighted by Crippen LogP contribution is 2.36. The highest BCUT2D eigenvalue weighted by Gasteiger charge is 2.37. The van der Waals surface area contributed by atoms with Gasteiger partial charge in [-0.3, -0.25) is 4.79 Å². The molecule has 3 heteroatoms. The van der Waals surface area contributed by atoms with Crippen LogP contribution in [-0.2, 0) is 11.2 Å². The summed E-state index contributed by atoms with van der Waals surface area (Å²) in [5.41, 5.74) is 8.95. The van der Waals surface area contributed by atoms with Crippen LogP contribution in [0.3, 0.4) is 0 Å². The highest BCUT2D eigenvalue weighted by atomic mass is 16.2. The van der Waals surface area contributed by atoms with Crippen LogP contribution in [-0.4, -0.2) is 12.5 Å². The van der Waals surface area contributed by atoms with E-state index in [-0.39, 0.29) is 11.3 Å². The first-order valence-corrected chi connectivity index (χ1v) is 8.23. The van der Waals surface area contributed by atoms with E-state index in [1.165, 1.54) is 18.4 Å². The molecule has 1 aromatic carbocycles. The minimum Gasteiger partial charge on any atom is -0.329 e. The van der Waals surface area contributed by atoms with Crippen LogP contribution in [0.15, 0.2) is 18.2 Å². The van der Waals surface area contributed by atoms with Crippen LogP contribution in [0.4, 0.5) is 5.69 Å². The number of hydrogen-bond acceptors (Lipinski definition) is 2. The standard InChI is InChI=1S/C18H28N2O/c1-3-15-10-8-9-14(2)16(15)20-17(21)18(13-19)11-6-4-5-7-12-18/h8-10H,3-7,11-13,19H2,1-2H3,(H,20,21). The molecule has 0 atom stereocenters. The molecule has 116 valence electrons. The summed E-state index contributed by atoms with van der Waals surface area (Å²) in [6.07, 6.45) is 7.43. The van der Waals surface area contributed by atoms with Gasteiger partial charge in [0.1, 0.15) is 0 Å². The molecule has 0 radical (unpaired) electrons. The van der Waals surface area contributed by atoms with Gasteiger partial charge >= 0.3 is 0 Å². The van der Waals surface area contributed by atoms with Gasteiger partial charge in [0, 0.05) is 12.2 Å². The highest BCUT2D eigenvalue weighted by molar-refractivity contribution is 5.96. The van der Waals surface area contributed by atoms with Crippen molar-refractivity contribution in [3.63, 3.8) is 0 Å². The maximum atomic E-state index is 12.9. The van der Waals surface area contributed by atoms with Gasteiger partial charge in [-0.15, -0.1) is 0 Å². The first-order chi connectivity index (χ1) is 10.1. The Morgan fingerprint density at radius 3 is 2.48 bits per heavy atom. The Morgan fingerprint density at radius 2 is 1.90 bits per heavy atom. The number of para-hydroxylation sites is 1. The van der Waals surface area contributed by atoms with Gasteiger partial charge in [0.05, 0.1) is 5.41 Å². The van der Waals surface area contributed by atoms with E-state index in [0.717, 1.165) is 43.4 Å². The molecule has 0 saturated heterocycles. The van der Waals surface area contributed by atoms with Crippen LogP contribution in [0.5, 0.6) is 0 Å². The summed E-state index contributed by atoms with van der Waals surface area (Å²) in [5.74, 6) is 0.121. The summed E-state index contributed by atoms with van der Waals surface area (Å²) >= 11 is 0. The quantitative estimate of drug-likeness (QED) is 0.828. The number of anilines is 1. The molecule has 1 saturated carbocycles. The number of amides is 1. The first-order valence-electron chi connectivity index (χ1n) is 8.23. The Kier molecular flexibility index (Phi) is 5.40. The molecule has 0 aliphatic heterocycles. The summed E-state index contributed by atoms with van der Waals surface area (Å²) in [6.45, 7) is 4.62. The Morgan fingerprint density at radius 1 is 1.24 bits per heavy atom. The molecular formula is C18H28N2O. The molecule has 0 unspecified atom stereocenters. The second-order valence-corrected chi connectivity index (χ2v) is 6.32. The van der Waals surface area contributed by atoms with Gasteiger partial charge in [-0.05, 0) is 37.3 Å². The molecule has 0 aromatic heterocycles. The van der Waals surface area contributed by atoms with Gasteiger partial charge in [0.25, 0.3) is 0 Å². The second kappa shape index (κ2) is 7.08. The lowest BCUT2D eigenvalue weighted by molar-refractivity contribution is -0.125. The third-order valence-corrected chi connectivity index (χ3v) is 4.91. The molecule has 3 N–H and O–H groups in total. The molecule has 1 fully saturated rings. The summed E-state index contributed by atoms with van der Waals surface area (Å²) < 4.78 is 0. The molecule has 0 heterocycles. The maximum Gasteiger partial charge on any atom is 0.231 e. The van der Waals surface area contributed by atoms with Crippen molar-refractivity contribution in [1.82, 2.24) is 0 Å². The number of nitrogens with one attached hydrogen (secondary N) is 1. The van der Waals surface area contributed by atoms with Crippen LogP contribution in [0.2, 0.25) is 0 Å². The average molecular weight is 288 g/mol. The molecule has 3 nitrogen and oxygen atoms in total. The maximum absolute atomic E-state index is 12.9. The van der Waals surface area contributed by atoms with Crippen molar-refractivity contribution in [1.29, 1.82) is 0 Å². The fourth-order valence-electron chi connectivity index (χ4n) is 3.38. The molecular weight excluding hydrogens is 260 g/mol. The van der Waals surface area contributed by atoms with E-state index in [9.17, 15) is 4.79 Å². The Labute approximate surface area is 128 Å². The molecule has 0 spiro atoms. The predicted molar refractivity (Wildman–Crippen MR) is 88.4 cm³/mol. The molecule has 21 heavy (non-hydrogen) atoms. The molecule has 2 rings (SSSR count). The lowest BCUT2D eigenvalue weighted by Gasteiger charge is -2.30. The van der Waals surface area contributed by atoms with E-state index in [2.05, 4.69) is 31.3 Å². The Bertz CT molecular complexity index is 488. The van der Waals surface area contributed by atoms with Crippen molar-refractivity contribution in [2.45, 2.75) is 58.8 Å². The van der Waals surface area contributed by atoms with E-state index in [0.29, 0.717) is 6.54 Å². The number of hydrogen-bond donors (Lipinski definition) is 2. The van der Waals surface area contributed by atoms with Crippen molar-refractivity contribution in [3.8, 4) is 0 Å². The third-order valence-electron chi connectivity index (χ3n) is 4.91. The van der Waals surface area contributed by atoms with Crippen LogP contribution in [0, 0.1) is 12.3 Å². The van der Waals surface area contributed by atoms with E-state index in [1.807, 2.05) is 6.07 Å². The Hall–Kier alpha value is -1.35. The zero-order chi connectivity index (χ0) is 15.3. The minimum absolute atomic E-state index is 0.121. The lowest BCUT2D eigenvalue weighted by atomic mass is 9.79. The van der Waals surface area contributed by atoms with Gasteiger partial charge in [0.15, 0.2) is 0 Å². The number of rotatable bonds is 4. The molecule has 1 amide bonds. The van der Waals surface area contributed by atoms with Gasteiger partial charge < -0.3 is 11.1 Å². The molecule has 0 bridgehead atoms. The van der Waals surface area contributed by atoms with Crippen LogP contribution in [0.1, 0.15) is 56.6 Å². The van der Waals surface area contributed by atoms with Crippen LogP contribution in [0.25, 0.3) is 0 Å². The molecule has 1 aliphatic rings. The summed E-state index contributed by atoms with van der Waals surface area (Å²) in [6, 6.07) is 6.19. The monoisotopic (exact) mass is 288 g/mol. The number of carbonyl (C=O) groups excluding carboxylic acids is 1. The smallest absolute Gasteiger partial charge is 0.231 e. The first kappa shape index (κ1) is 16.0. The van der Waals surface area contributed by atoms with Gasteiger partial charge in [-0.2, -0.15) is 0 Å². The molecule has 1 aliphatic carbocycles. The third kappa shape index (κ3) is 3.46. The normalized spacial score (nSPS) is 18.0. The number of carbonyl (C=O) groups is 1. The van der Waals surface area contributed by atoms with Crippen molar-refractivity contribution < 1.29 is 4.79 Å². The van der Waals surface area contributed by atoms with Crippen molar-refractivity contribution in [2.24, 2.45) is 11.1 Å². The largest absolute Gasteiger partial charge is 0.329 e. The SMILES string of the molecule is CCc1cccc(C)c1NC(=O)C1(CN)CCCCCC1. The van der Waals surface area contributed by atoms with E-state index < -0.39 is 0 Å². The molecule has 1 aromatic rings. The lowest BCUT2D eigenvalue weighted by Crippen LogP contribution is -2.42. The second-order valence-electron chi connectivity index (χ2n) is 6.32. The van der Waals surface area contributed by atoms with Crippen molar-refractivity contribution >= 4 is 11.6 Å². The minimum atomic E-state index is -0.371. The fourth-order valence-corrected chi connectivity index (χ4v) is 3.38.